The summed E-state index contributed by atoms with van der Waals surface area (Å²) >= 11 is 0. The number of hydrogen-bond donors (Lipinski definition) is 1. The number of aryl methyl sites for hydroxylation is 1. The van der Waals surface area contributed by atoms with E-state index in [1.165, 1.54) is 0 Å². The van der Waals surface area contributed by atoms with Gasteiger partial charge >= 0.3 is 0 Å². The van der Waals surface area contributed by atoms with Gasteiger partial charge in [0.25, 0.3) is 0 Å². The fourth-order valence-corrected chi connectivity index (χ4v) is 1.19. The Bertz CT molecular complexity index is 294. The summed E-state index contributed by atoms with van der Waals surface area (Å²) < 4.78 is 0. The second kappa shape index (κ2) is 4.65. The van der Waals surface area contributed by atoms with Crippen LogP contribution in [0.5, 0.6) is 0 Å². The van der Waals surface area contributed by atoms with E-state index in [0.717, 1.165) is 24.8 Å². The van der Waals surface area contributed by atoms with Crippen molar-refractivity contribution in [3.8, 4) is 0 Å². The third-order valence-corrected chi connectivity index (χ3v) is 1.95. The normalized spacial score (nSPS) is 9.92. The minimum absolute atomic E-state index is 0.380. The summed E-state index contributed by atoms with van der Waals surface area (Å²) in [7, 11) is 0. The van der Waals surface area contributed by atoms with Gasteiger partial charge in [-0.3, -0.25) is 4.79 Å². The van der Waals surface area contributed by atoms with Gasteiger partial charge in [-0.15, -0.1) is 0 Å². The molecule has 0 aliphatic rings. The second-order valence-electron chi connectivity index (χ2n) is 3.10. The Hall–Kier alpha value is -1.31. The number of rotatable bonds is 4. The van der Waals surface area contributed by atoms with Crippen molar-refractivity contribution >= 4 is 5.91 Å². The molecule has 0 aromatic heterocycles. The fraction of sp³-hybridized carbons (Fsp3) is 0.364. The summed E-state index contributed by atoms with van der Waals surface area (Å²) in [5.41, 5.74) is 6.84. The van der Waals surface area contributed by atoms with E-state index in [4.69, 9.17) is 5.73 Å². The quantitative estimate of drug-likeness (QED) is 0.748. The molecule has 0 saturated heterocycles. The molecule has 0 unspecified atom stereocenters. The first kappa shape index (κ1) is 9.78. The molecule has 0 spiro atoms. The smallest absolute Gasteiger partial charge is 0.248 e. The SMILES string of the molecule is CCCCc1c[c]cc(C(N)=O)c1. The molecule has 0 saturated carbocycles. The molecular formula is C11H14NO. The van der Waals surface area contributed by atoms with Crippen LogP contribution in [0, 0.1) is 6.07 Å². The number of primary amides is 1. The number of amides is 1. The highest BCUT2D eigenvalue weighted by molar-refractivity contribution is 5.92. The van der Waals surface area contributed by atoms with Crippen LogP contribution >= 0.6 is 0 Å². The maximum atomic E-state index is 10.8. The van der Waals surface area contributed by atoms with Gasteiger partial charge in [-0.05, 0) is 36.6 Å². The molecule has 0 fully saturated rings. The van der Waals surface area contributed by atoms with Crippen molar-refractivity contribution in [1.29, 1.82) is 0 Å². The molecule has 0 atom stereocenters. The van der Waals surface area contributed by atoms with Gasteiger partial charge in [0.2, 0.25) is 5.91 Å². The molecule has 0 aliphatic heterocycles. The lowest BCUT2D eigenvalue weighted by Crippen LogP contribution is -2.10. The largest absolute Gasteiger partial charge is 0.366 e. The highest BCUT2D eigenvalue weighted by Gasteiger charge is 2.00. The summed E-state index contributed by atoms with van der Waals surface area (Å²) in [6.45, 7) is 2.14. The summed E-state index contributed by atoms with van der Waals surface area (Å²) in [5.74, 6) is -0.380. The highest BCUT2D eigenvalue weighted by atomic mass is 16.1. The predicted octanol–water partition coefficient (Wildman–Crippen LogP) is 1.93. The van der Waals surface area contributed by atoms with Crippen LogP contribution in [-0.4, -0.2) is 5.91 Å². The van der Waals surface area contributed by atoms with E-state index in [-0.39, 0.29) is 5.91 Å². The van der Waals surface area contributed by atoms with Gasteiger partial charge in [-0.25, -0.2) is 0 Å². The molecule has 1 radical (unpaired) electrons. The number of nitrogens with two attached hydrogens (primary N) is 1. The molecule has 2 N–H and O–H groups in total. The lowest BCUT2D eigenvalue weighted by atomic mass is 10.1. The van der Waals surface area contributed by atoms with Crippen molar-refractivity contribution in [2.24, 2.45) is 5.73 Å². The number of carbonyl (C=O) groups excluding carboxylic acids is 1. The second-order valence-corrected chi connectivity index (χ2v) is 3.10. The molecule has 69 valence electrons. The van der Waals surface area contributed by atoms with Crippen LogP contribution in [0.25, 0.3) is 0 Å². The summed E-state index contributed by atoms with van der Waals surface area (Å²) in [5, 5.41) is 0. The molecule has 1 rings (SSSR count). The highest BCUT2D eigenvalue weighted by Crippen LogP contribution is 2.07. The van der Waals surface area contributed by atoms with Crippen LogP contribution < -0.4 is 5.73 Å². The Morgan fingerprint density at radius 1 is 1.54 bits per heavy atom. The van der Waals surface area contributed by atoms with Gasteiger partial charge in [-0.1, -0.05) is 19.4 Å². The fourth-order valence-electron chi connectivity index (χ4n) is 1.19. The molecule has 2 nitrogen and oxygen atoms in total. The Kier molecular flexibility index (Phi) is 3.50. The molecule has 0 heterocycles. The number of hydrogen-bond acceptors (Lipinski definition) is 1. The van der Waals surface area contributed by atoms with E-state index in [1.807, 2.05) is 12.1 Å². The van der Waals surface area contributed by atoms with Crippen molar-refractivity contribution in [2.75, 3.05) is 0 Å². The maximum Gasteiger partial charge on any atom is 0.248 e. The van der Waals surface area contributed by atoms with Gasteiger partial charge in [0.05, 0.1) is 0 Å². The monoisotopic (exact) mass is 176 g/mol. The van der Waals surface area contributed by atoms with E-state index in [1.54, 1.807) is 6.07 Å². The van der Waals surface area contributed by atoms with Crippen molar-refractivity contribution in [3.05, 3.63) is 35.4 Å². The standard InChI is InChI=1S/C11H14NO/c1-2-3-5-9-6-4-7-10(8-9)11(12)13/h6-8H,2-3,5H2,1H3,(H2,12,13). The van der Waals surface area contributed by atoms with E-state index < -0.39 is 0 Å². The van der Waals surface area contributed by atoms with Crippen LogP contribution in [0.3, 0.4) is 0 Å². The van der Waals surface area contributed by atoms with Gasteiger partial charge in [0.15, 0.2) is 0 Å². The number of carbonyl (C=O) groups is 1. The lowest BCUT2D eigenvalue weighted by molar-refractivity contribution is 0.1000. The minimum Gasteiger partial charge on any atom is -0.366 e. The predicted molar refractivity (Wildman–Crippen MR) is 52.4 cm³/mol. The van der Waals surface area contributed by atoms with Crippen molar-refractivity contribution < 1.29 is 4.79 Å². The molecule has 1 aromatic carbocycles. The van der Waals surface area contributed by atoms with Crippen LogP contribution in [-0.2, 0) is 6.42 Å². The maximum absolute atomic E-state index is 10.8. The Balaban J connectivity index is 2.73. The first-order valence-electron chi connectivity index (χ1n) is 4.54. The van der Waals surface area contributed by atoms with Crippen LogP contribution in [0.15, 0.2) is 18.2 Å². The Morgan fingerprint density at radius 2 is 2.31 bits per heavy atom. The first-order valence-corrected chi connectivity index (χ1v) is 4.54. The number of unbranched alkanes of at least 4 members (excludes halogenated alkanes) is 1. The summed E-state index contributed by atoms with van der Waals surface area (Å²) in [6.07, 6.45) is 3.28. The lowest BCUT2D eigenvalue weighted by Gasteiger charge is -2.00. The average molecular weight is 176 g/mol. The number of benzene rings is 1. The van der Waals surface area contributed by atoms with Crippen molar-refractivity contribution in [3.63, 3.8) is 0 Å². The van der Waals surface area contributed by atoms with Crippen molar-refractivity contribution in [2.45, 2.75) is 26.2 Å². The van der Waals surface area contributed by atoms with Gasteiger partial charge in [-0.2, -0.15) is 0 Å². The van der Waals surface area contributed by atoms with Crippen LogP contribution in [0.1, 0.15) is 35.7 Å². The van der Waals surface area contributed by atoms with E-state index in [2.05, 4.69) is 13.0 Å². The first-order chi connectivity index (χ1) is 6.24. The van der Waals surface area contributed by atoms with Gasteiger partial charge in [0.1, 0.15) is 0 Å². The van der Waals surface area contributed by atoms with Crippen LogP contribution in [0.4, 0.5) is 0 Å². The topological polar surface area (TPSA) is 43.1 Å². The zero-order chi connectivity index (χ0) is 9.68. The van der Waals surface area contributed by atoms with Crippen molar-refractivity contribution in [1.82, 2.24) is 0 Å². The minimum atomic E-state index is -0.380. The molecule has 1 amide bonds. The molecule has 2 heteroatoms. The molecule has 0 bridgehead atoms. The third kappa shape index (κ3) is 2.90. The Labute approximate surface area is 78.8 Å². The Morgan fingerprint density at radius 3 is 2.92 bits per heavy atom. The average Bonchev–Trinajstić information content (AvgIpc) is 2.15. The third-order valence-electron chi connectivity index (χ3n) is 1.95. The zero-order valence-corrected chi connectivity index (χ0v) is 7.84. The van der Waals surface area contributed by atoms with Gasteiger partial charge in [0, 0.05) is 5.56 Å². The molecular weight excluding hydrogens is 162 g/mol. The zero-order valence-electron chi connectivity index (χ0n) is 7.84. The van der Waals surface area contributed by atoms with Gasteiger partial charge < -0.3 is 5.73 Å². The van der Waals surface area contributed by atoms with E-state index in [9.17, 15) is 4.79 Å². The summed E-state index contributed by atoms with van der Waals surface area (Å²) in [6, 6.07) is 8.29. The molecule has 0 aliphatic carbocycles. The van der Waals surface area contributed by atoms with E-state index >= 15 is 0 Å². The molecule has 1 aromatic rings. The van der Waals surface area contributed by atoms with E-state index in [0.29, 0.717) is 5.56 Å². The molecule has 13 heavy (non-hydrogen) atoms. The summed E-state index contributed by atoms with van der Waals surface area (Å²) in [4.78, 5) is 10.8. The van der Waals surface area contributed by atoms with Crippen LogP contribution in [0.2, 0.25) is 0 Å².